The van der Waals surface area contributed by atoms with Crippen molar-refractivity contribution >= 4 is 42.8 Å². The Bertz CT molecular complexity index is 1300. The monoisotopic (exact) mass is 572 g/mol. The lowest BCUT2D eigenvalue weighted by Crippen LogP contribution is -2.48. The normalized spacial score (nSPS) is 13.0. The molecule has 2 atom stereocenters. The van der Waals surface area contributed by atoms with E-state index >= 15 is 0 Å². The number of amides is 2. The molecule has 0 radical (unpaired) electrons. The molecular formula is C22H23Cl2N4O8P. The van der Waals surface area contributed by atoms with Crippen molar-refractivity contribution in [3.05, 3.63) is 75.4 Å². The van der Waals surface area contributed by atoms with E-state index in [1.54, 1.807) is 18.2 Å². The van der Waals surface area contributed by atoms with Gasteiger partial charge in [-0.25, -0.2) is 4.57 Å². The van der Waals surface area contributed by atoms with Crippen LogP contribution < -0.4 is 15.2 Å². The number of hydrogen-bond donors (Lipinski definition) is 5. The Morgan fingerprint density at radius 2 is 1.76 bits per heavy atom. The van der Waals surface area contributed by atoms with E-state index in [0.29, 0.717) is 15.6 Å². The number of benzene rings is 2. The van der Waals surface area contributed by atoms with Crippen molar-refractivity contribution in [3.8, 4) is 5.75 Å². The van der Waals surface area contributed by atoms with Gasteiger partial charge in [0.05, 0.1) is 16.7 Å². The lowest BCUT2D eigenvalue weighted by molar-refractivity contribution is -0.128. The van der Waals surface area contributed by atoms with Gasteiger partial charge < -0.3 is 24.8 Å². The Balaban J connectivity index is 1.68. The summed E-state index contributed by atoms with van der Waals surface area (Å²) < 4.78 is 20.7. The van der Waals surface area contributed by atoms with Crippen molar-refractivity contribution in [1.29, 1.82) is 0 Å². The molecule has 0 aliphatic carbocycles. The summed E-state index contributed by atoms with van der Waals surface area (Å²) in [6.07, 6.45) is 0.300. The molecular weight excluding hydrogens is 550 g/mol. The number of nitrogens with zero attached hydrogens (tertiary/aromatic N) is 2. The highest BCUT2D eigenvalue weighted by molar-refractivity contribution is 7.46. The average molecular weight is 573 g/mol. The summed E-state index contributed by atoms with van der Waals surface area (Å²) in [7, 11) is -4.71. The van der Waals surface area contributed by atoms with Crippen LogP contribution in [0.2, 0.25) is 10.0 Å². The SMILES string of the molecule is CC(=O)N[C@@H](Cc1ccc(OP(=O)(O)O)cc1)C(=O)N[C@@H](CO)c1nc(Cc2ccc(Cl)c(Cl)c2)no1. The van der Waals surface area contributed by atoms with Gasteiger partial charge in [-0.3, -0.25) is 19.4 Å². The third-order valence-electron chi connectivity index (χ3n) is 4.91. The van der Waals surface area contributed by atoms with Gasteiger partial charge in [-0.2, -0.15) is 4.98 Å². The Morgan fingerprint density at radius 1 is 1.08 bits per heavy atom. The van der Waals surface area contributed by atoms with Gasteiger partial charge in [0, 0.05) is 19.8 Å². The molecule has 0 unspecified atom stereocenters. The van der Waals surface area contributed by atoms with E-state index in [1.807, 2.05) is 0 Å². The Labute approximate surface area is 221 Å². The van der Waals surface area contributed by atoms with Crippen molar-refractivity contribution in [2.24, 2.45) is 0 Å². The number of phosphoric ester groups is 1. The number of aliphatic hydroxyl groups excluding tert-OH is 1. The fraction of sp³-hybridized carbons (Fsp3) is 0.273. The second kappa shape index (κ2) is 12.5. The van der Waals surface area contributed by atoms with Gasteiger partial charge in [0.15, 0.2) is 5.82 Å². The molecule has 198 valence electrons. The fourth-order valence-electron chi connectivity index (χ4n) is 3.28. The van der Waals surface area contributed by atoms with Gasteiger partial charge in [-0.1, -0.05) is 46.6 Å². The van der Waals surface area contributed by atoms with Crippen LogP contribution in [0.15, 0.2) is 47.0 Å². The zero-order valence-corrected chi connectivity index (χ0v) is 21.7. The van der Waals surface area contributed by atoms with Crippen LogP contribution in [0, 0.1) is 0 Å². The molecule has 5 N–H and O–H groups in total. The first-order chi connectivity index (χ1) is 17.4. The largest absolute Gasteiger partial charge is 0.524 e. The van der Waals surface area contributed by atoms with Gasteiger partial charge >= 0.3 is 7.82 Å². The molecule has 2 amide bonds. The third-order valence-corrected chi connectivity index (χ3v) is 6.10. The van der Waals surface area contributed by atoms with Crippen molar-refractivity contribution in [1.82, 2.24) is 20.8 Å². The van der Waals surface area contributed by atoms with Crippen LogP contribution in [0.3, 0.4) is 0 Å². The van der Waals surface area contributed by atoms with E-state index < -0.39 is 38.3 Å². The standard InChI is InChI=1S/C22H23Cl2N4O8P/c1-12(30)25-18(9-13-2-5-15(6-3-13)36-37(32,33)34)21(31)26-19(11-29)22-27-20(28-35-22)10-14-4-7-16(23)17(24)8-14/h2-8,18-19,29H,9-11H2,1H3,(H,25,30)(H,26,31)(H2,32,33,34)/t18-,19-/m0/s1. The maximum atomic E-state index is 13.0. The number of halogens is 2. The summed E-state index contributed by atoms with van der Waals surface area (Å²) in [6.45, 7) is 0.690. The van der Waals surface area contributed by atoms with E-state index in [4.69, 9.17) is 37.5 Å². The van der Waals surface area contributed by atoms with E-state index in [2.05, 4.69) is 25.3 Å². The van der Waals surface area contributed by atoms with E-state index in [0.717, 1.165) is 5.56 Å². The molecule has 0 fully saturated rings. The molecule has 37 heavy (non-hydrogen) atoms. The molecule has 1 aromatic heterocycles. The second-order valence-electron chi connectivity index (χ2n) is 7.90. The smallest absolute Gasteiger partial charge is 0.404 e. The average Bonchev–Trinajstić information content (AvgIpc) is 3.27. The molecule has 12 nitrogen and oxygen atoms in total. The molecule has 0 spiro atoms. The van der Waals surface area contributed by atoms with Crippen molar-refractivity contribution in [2.45, 2.75) is 31.8 Å². The minimum absolute atomic E-state index is 0.0339. The maximum Gasteiger partial charge on any atom is 0.524 e. The maximum absolute atomic E-state index is 13.0. The Kier molecular flexibility index (Phi) is 9.66. The van der Waals surface area contributed by atoms with Crippen LogP contribution in [0.5, 0.6) is 5.75 Å². The quantitative estimate of drug-likeness (QED) is 0.213. The Hall–Kier alpha value is -2.99. The number of rotatable bonds is 11. The van der Waals surface area contributed by atoms with Crippen LogP contribution in [0.4, 0.5) is 0 Å². The van der Waals surface area contributed by atoms with E-state index in [1.165, 1.54) is 31.2 Å². The molecule has 2 aromatic carbocycles. The first-order valence-corrected chi connectivity index (χ1v) is 13.0. The van der Waals surface area contributed by atoms with Gasteiger partial charge in [0.25, 0.3) is 5.89 Å². The van der Waals surface area contributed by atoms with Gasteiger partial charge in [0.2, 0.25) is 11.8 Å². The summed E-state index contributed by atoms with van der Waals surface area (Å²) >= 11 is 12.0. The lowest BCUT2D eigenvalue weighted by Gasteiger charge is -2.20. The van der Waals surface area contributed by atoms with Gasteiger partial charge in [0.1, 0.15) is 17.8 Å². The highest BCUT2D eigenvalue weighted by Gasteiger charge is 2.26. The van der Waals surface area contributed by atoms with Crippen LogP contribution >= 0.6 is 31.0 Å². The zero-order valence-electron chi connectivity index (χ0n) is 19.3. The van der Waals surface area contributed by atoms with E-state index in [9.17, 15) is 19.3 Å². The van der Waals surface area contributed by atoms with Gasteiger partial charge in [-0.15, -0.1) is 0 Å². The topological polar surface area (TPSA) is 184 Å². The van der Waals surface area contributed by atoms with Crippen LogP contribution in [-0.2, 0) is 27.0 Å². The summed E-state index contributed by atoms with van der Waals surface area (Å²) in [5.41, 5.74) is 1.34. The number of hydrogen-bond acceptors (Lipinski definition) is 8. The Morgan fingerprint density at radius 3 is 2.35 bits per heavy atom. The zero-order chi connectivity index (χ0) is 27.2. The summed E-state index contributed by atoms with van der Waals surface area (Å²) in [6, 6.07) is 8.58. The molecule has 0 saturated carbocycles. The molecule has 3 aromatic rings. The number of aliphatic hydroxyl groups is 1. The summed E-state index contributed by atoms with van der Waals surface area (Å²) in [4.78, 5) is 46.7. The van der Waals surface area contributed by atoms with E-state index in [-0.39, 0.29) is 30.3 Å². The minimum atomic E-state index is -4.71. The number of aromatic nitrogens is 2. The summed E-state index contributed by atoms with van der Waals surface area (Å²) in [5, 5.41) is 19.6. The fourth-order valence-corrected chi connectivity index (χ4v) is 4.00. The molecule has 1 heterocycles. The second-order valence-corrected chi connectivity index (χ2v) is 9.88. The number of carbonyl (C=O) groups is 2. The molecule has 0 aliphatic heterocycles. The first kappa shape index (κ1) is 28.6. The van der Waals surface area contributed by atoms with Crippen molar-refractivity contribution < 1.29 is 38.1 Å². The third kappa shape index (κ3) is 8.81. The predicted molar refractivity (Wildman–Crippen MR) is 132 cm³/mol. The van der Waals surface area contributed by atoms with Crippen LogP contribution in [0.25, 0.3) is 0 Å². The molecule has 0 bridgehead atoms. The first-order valence-electron chi connectivity index (χ1n) is 10.7. The van der Waals surface area contributed by atoms with Crippen LogP contribution in [-0.4, -0.2) is 49.5 Å². The lowest BCUT2D eigenvalue weighted by atomic mass is 10.0. The molecule has 15 heteroatoms. The predicted octanol–water partition coefficient (Wildman–Crippen LogP) is 2.34. The van der Waals surface area contributed by atoms with Crippen LogP contribution in [0.1, 0.15) is 35.8 Å². The van der Waals surface area contributed by atoms with Crippen molar-refractivity contribution in [3.63, 3.8) is 0 Å². The molecule has 0 aliphatic rings. The molecule has 3 rings (SSSR count). The van der Waals surface area contributed by atoms with Gasteiger partial charge in [-0.05, 0) is 35.4 Å². The molecule has 0 saturated heterocycles. The van der Waals surface area contributed by atoms with Crippen molar-refractivity contribution in [2.75, 3.05) is 6.61 Å². The highest BCUT2D eigenvalue weighted by Crippen LogP contribution is 2.37. The summed E-state index contributed by atoms with van der Waals surface area (Å²) in [5.74, 6) is -0.910. The number of phosphoric acid groups is 1. The highest BCUT2D eigenvalue weighted by atomic mass is 35.5. The minimum Gasteiger partial charge on any atom is -0.404 e. The number of carbonyl (C=O) groups excluding carboxylic acids is 2. The number of nitrogens with one attached hydrogen (secondary N) is 2.